The van der Waals surface area contributed by atoms with E-state index in [2.05, 4.69) is 24.6 Å². The molecule has 1 aliphatic rings. The van der Waals surface area contributed by atoms with Gasteiger partial charge in [0.2, 0.25) is 0 Å². The smallest absolute Gasteiger partial charge is 0.0160 e. The fraction of sp³-hybridized carbons (Fsp3) is 0.571. The summed E-state index contributed by atoms with van der Waals surface area (Å²) in [5, 5.41) is 0. The van der Waals surface area contributed by atoms with E-state index in [1.54, 1.807) is 0 Å². The fourth-order valence-electron chi connectivity index (χ4n) is 2.57. The minimum Gasteiger partial charge on any atom is -0.299 e. The summed E-state index contributed by atoms with van der Waals surface area (Å²) in [5.74, 6) is 1.56. The van der Waals surface area contributed by atoms with Gasteiger partial charge in [-0.2, -0.15) is 0 Å². The van der Waals surface area contributed by atoms with Gasteiger partial charge in [-0.05, 0) is 31.1 Å². The first-order valence-corrected chi connectivity index (χ1v) is 5.85. The molecule has 1 fully saturated rings. The molecule has 1 saturated heterocycles. The van der Waals surface area contributed by atoms with Crippen LogP contribution in [0.1, 0.15) is 19.3 Å². The Balaban J connectivity index is 2.50. The topological polar surface area (TPSA) is 3.24 Å². The highest BCUT2D eigenvalue weighted by Crippen LogP contribution is 2.26. The Bertz CT molecular complexity index is 175. The third-order valence-electron chi connectivity index (χ3n) is 3.09. The molecule has 0 saturated carbocycles. The Hall–Kier alpha value is -0.820. The van der Waals surface area contributed by atoms with Crippen LogP contribution in [-0.2, 0) is 0 Å². The summed E-state index contributed by atoms with van der Waals surface area (Å²) in [7, 11) is 0. The van der Waals surface area contributed by atoms with Crippen molar-refractivity contribution in [2.45, 2.75) is 19.3 Å². The lowest BCUT2D eigenvalue weighted by Crippen LogP contribution is -2.40. The standard InChI is InChI=1S/C14H23N/c1-4-7-13-10-14(8-5-2)12-15(11-13)9-6-3/h4-6,13-14H,1-3,7-12H2. The summed E-state index contributed by atoms with van der Waals surface area (Å²) >= 11 is 0. The van der Waals surface area contributed by atoms with Gasteiger partial charge in [0.05, 0.1) is 0 Å². The molecule has 84 valence electrons. The van der Waals surface area contributed by atoms with Gasteiger partial charge in [0.15, 0.2) is 0 Å². The first-order valence-electron chi connectivity index (χ1n) is 5.85. The van der Waals surface area contributed by atoms with E-state index in [1.165, 1.54) is 19.5 Å². The third kappa shape index (κ3) is 4.05. The van der Waals surface area contributed by atoms with Gasteiger partial charge in [0.25, 0.3) is 0 Å². The molecule has 0 amide bonds. The van der Waals surface area contributed by atoms with E-state index in [0.29, 0.717) is 0 Å². The van der Waals surface area contributed by atoms with Crippen molar-refractivity contribution in [1.29, 1.82) is 0 Å². The van der Waals surface area contributed by atoms with Crippen molar-refractivity contribution in [3.05, 3.63) is 38.0 Å². The van der Waals surface area contributed by atoms with Gasteiger partial charge < -0.3 is 0 Å². The summed E-state index contributed by atoms with van der Waals surface area (Å²) < 4.78 is 0. The maximum atomic E-state index is 3.84. The van der Waals surface area contributed by atoms with Gasteiger partial charge in [0, 0.05) is 19.6 Å². The number of rotatable bonds is 6. The predicted molar refractivity (Wildman–Crippen MR) is 67.9 cm³/mol. The molecular weight excluding hydrogens is 182 g/mol. The van der Waals surface area contributed by atoms with Crippen LogP contribution in [-0.4, -0.2) is 24.5 Å². The Labute approximate surface area is 94.2 Å². The zero-order chi connectivity index (χ0) is 11.1. The second kappa shape index (κ2) is 6.62. The van der Waals surface area contributed by atoms with E-state index in [4.69, 9.17) is 0 Å². The van der Waals surface area contributed by atoms with Gasteiger partial charge in [-0.3, -0.25) is 4.90 Å². The molecule has 0 aliphatic carbocycles. The molecule has 0 aromatic carbocycles. The van der Waals surface area contributed by atoms with Crippen molar-refractivity contribution < 1.29 is 0 Å². The predicted octanol–water partition coefficient (Wildman–Crippen LogP) is 3.26. The van der Waals surface area contributed by atoms with Crippen LogP contribution >= 0.6 is 0 Å². The second-order valence-corrected chi connectivity index (χ2v) is 4.52. The summed E-state index contributed by atoms with van der Waals surface area (Å²) in [4.78, 5) is 2.50. The number of nitrogens with zero attached hydrogens (tertiary/aromatic N) is 1. The molecule has 1 heterocycles. The minimum atomic E-state index is 0.779. The van der Waals surface area contributed by atoms with Crippen LogP contribution in [0, 0.1) is 11.8 Å². The molecule has 1 rings (SSSR count). The maximum Gasteiger partial charge on any atom is 0.0160 e. The Morgan fingerprint density at radius 2 is 1.47 bits per heavy atom. The summed E-state index contributed by atoms with van der Waals surface area (Å²) in [5.41, 5.74) is 0. The van der Waals surface area contributed by atoms with Crippen LogP contribution in [0.3, 0.4) is 0 Å². The lowest BCUT2D eigenvalue weighted by molar-refractivity contribution is 0.139. The summed E-state index contributed by atoms with van der Waals surface area (Å²) in [6, 6.07) is 0. The number of likely N-dealkylation sites (tertiary alicyclic amines) is 1. The zero-order valence-electron chi connectivity index (χ0n) is 9.70. The number of hydrogen-bond donors (Lipinski definition) is 0. The Morgan fingerprint density at radius 1 is 0.933 bits per heavy atom. The van der Waals surface area contributed by atoms with Crippen LogP contribution in [0.25, 0.3) is 0 Å². The van der Waals surface area contributed by atoms with Crippen molar-refractivity contribution in [1.82, 2.24) is 4.90 Å². The lowest BCUT2D eigenvalue weighted by atomic mass is 9.85. The molecule has 0 N–H and O–H groups in total. The molecule has 0 aromatic heterocycles. The third-order valence-corrected chi connectivity index (χ3v) is 3.09. The highest BCUT2D eigenvalue weighted by atomic mass is 15.1. The van der Waals surface area contributed by atoms with Crippen LogP contribution in [0.5, 0.6) is 0 Å². The van der Waals surface area contributed by atoms with E-state index in [9.17, 15) is 0 Å². The fourth-order valence-corrected chi connectivity index (χ4v) is 2.57. The average Bonchev–Trinajstić information content (AvgIpc) is 2.19. The van der Waals surface area contributed by atoms with Crippen molar-refractivity contribution in [3.8, 4) is 0 Å². The normalized spacial score (nSPS) is 27.2. The molecule has 1 heteroatoms. The Morgan fingerprint density at radius 3 is 1.87 bits per heavy atom. The second-order valence-electron chi connectivity index (χ2n) is 4.52. The van der Waals surface area contributed by atoms with Crippen molar-refractivity contribution in [2.75, 3.05) is 19.6 Å². The molecular formula is C14H23N. The molecule has 2 atom stereocenters. The minimum absolute atomic E-state index is 0.779. The van der Waals surface area contributed by atoms with E-state index in [-0.39, 0.29) is 0 Å². The molecule has 0 radical (unpaired) electrons. The molecule has 0 spiro atoms. The van der Waals surface area contributed by atoms with Crippen LogP contribution in [0.15, 0.2) is 38.0 Å². The number of hydrogen-bond acceptors (Lipinski definition) is 1. The lowest BCUT2D eigenvalue weighted by Gasteiger charge is -2.36. The summed E-state index contributed by atoms with van der Waals surface area (Å²) in [6.45, 7) is 14.9. The van der Waals surface area contributed by atoms with Gasteiger partial charge >= 0.3 is 0 Å². The average molecular weight is 205 g/mol. The van der Waals surface area contributed by atoms with E-state index >= 15 is 0 Å². The van der Waals surface area contributed by atoms with E-state index < -0.39 is 0 Å². The van der Waals surface area contributed by atoms with E-state index in [1.807, 2.05) is 18.2 Å². The largest absolute Gasteiger partial charge is 0.299 e. The summed E-state index contributed by atoms with van der Waals surface area (Å²) in [6.07, 6.45) is 9.70. The maximum absolute atomic E-state index is 3.84. The van der Waals surface area contributed by atoms with Gasteiger partial charge in [-0.15, -0.1) is 19.7 Å². The van der Waals surface area contributed by atoms with Crippen molar-refractivity contribution in [2.24, 2.45) is 11.8 Å². The molecule has 0 bridgehead atoms. The van der Waals surface area contributed by atoms with Gasteiger partial charge in [0.1, 0.15) is 0 Å². The number of piperidine rings is 1. The first kappa shape index (κ1) is 12.3. The van der Waals surface area contributed by atoms with Crippen LogP contribution < -0.4 is 0 Å². The molecule has 1 aliphatic heterocycles. The highest BCUT2D eigenvalue weighted by molar-refractivity contribution is 4.88. The Kier molecular flexibility index (Phi) is 5.41. The van der Waals surface area contributed by atoms with E-state index in [0.717, 1.165) is 31.2 Å². The monoisotopic (exact) mass is 205 g/mol. The molecule has 2 unspecified atom stereocenters. The van der Waals surface area contributed by atoms with Crippen molar-refractivity contribution >= 4 is 0 Å². The van der Waals surface area contributed by atoms with Crippen LogP contribution in [0.2, 0.25) is 0 Å². The quantitative estimate of drug-likeness (QED) is 0.602. The van der Waals surface area contributed by atoms with Gasteiger partial charge in [-0.25, -0.2) is 0 Å². The molecule has 0 aromatic rings. The van der Waals surface area contributed by atoms with Crippen LogP contribution in [0.4, 0.5) is 0 Å². The van der Waals surface area contributed by atoms with Crippen molar-refractivity contribution in [3.63, 3.8) is 0 Å². The SMILES string of the molecule is C=CCC1CC(CC=C)CN(CC=C)C1. The molecule has 15 heavy (non-hydrogen) atoms. The molecule has 1 nitrogen and oxygen atoms in total. The first-order chi connectivity index (χ1) is 7.30. The highest BCUT2D eigenvalue weighted by Gasteiger charge is 2.24. The van der Waals surface area contributed by atoms with Gasteiger partial charge in [-0.1, -0.05) is 18.2 Å². The zero-order valence-corrected chi connectivity index (χ0v) is 9.70. The number of allylic oxidation sites excluding steroid dienone is 2.